The first-order chi connectivity index (χ1) is 31.8. The Morgan fingerprint density at radius 3 is 1.19 bits per heavy atom. The summed E-state index contributed by atoms with van der Waals surface area (Å²) >= 11 is 0. The molecule has 0 spiro atoms. The Morgan fingerprint density at radius 1 is 0.203 bits per heavy atom. The Hall–Kier alpha value is -8.60. The van der Waals surface area contributed by atoms with E-state index < -0.39 is 0 Å². The fourth-order valence-corrected chi connectivity index (χ4v) is 10.8. The Kier molecular flexibility index (Phi) is 7.36. The van der Waals surface area contributed by atoms with E-state index in [2.05, 4.69) is 249 Å². The monoisotopic (exact) mass is 814 g/mol. The van der Waals surface area contributed by atoms with Crippen LogP contribution in [-0.4, -0.2) is 18.3 Å². The summed E-state index contributed by atoms with van der Waals surface area (Å²) < 4.78 is 9.90. The first kappa shape index (κ1) is 35.0. The van der Waals surface area contributed by atoms with E-state index in [4.69, 9.17) is 0 Å². The van der Waals surface area contributed by atoms with Gasteiger partial charge in [-0.2, -0.15) is 0 Å². The zero-order chi connectivity index (χ0) is 41.9. The molecule has 14 aromatic rings. The van der Waals surface area contributed by atoms with Crippen molar-refractivity contribution in [2.75, 3.05) is 0 Å². The average Bonchev–Trinajstić information content (AvgIpc) is 4.09. The minimum Gasteiger partial charge on any atom is -0.309 e. The number of nitrogens with zero attached hydrogens (tertiary/aromatic N) is 4. The van der Waals surface area contributed by atoms with Crippen molar-refractivity contribution >= 4 is 87.2 Å². The lowest BCUT2D eigenvalue weighted by molar-refractivity contribution is 1.11. The zero-order valence-corrected chi connectivity index (χ0v) is 34.7. The molecule has 0 saturated carbocycles. The van der Waals surface area contributed by atoms with Crippen LogP contribution in [0.5, 0.6) is 0 Å². The molecular formula is C60H38N4. The lowest BCUT2D eigenvalue weighted by atomic mass is 10.0. The van der Waals surface area contributed by atoms with Gasteiger partial charge in [0.1, 0.15) is 0 Å². The molecule has 64 heavy (non-hydrogen) atoms. The first-order valence-electron chi connectivity index (χ1n) is 22.0. The standard InChI is InChI=1S/C60H38N4/c1-3-17-39(18-4-1)40-31-33-57-49(35-40)50-36-42(32-34-58(50)61(57)41-19-5-2-6-20-41)63-54-28-14-11-25-48(54)51-37-43(62-52-26-12-7-21-44(52)45-22-8-13-27-53(45)62)38-59(60(51)63)64-55-29-15-9-23-46(55)47-24-10-16-30-56(47)64/h1-38H. The molecule has 0 aliphatic rings. The molecule has 0 aliphatic heterocycles. The third-order valence-electron chi connectivity index (χ3n) is 13.5. The predicted molar refractivity (Wildman–Crippen MR) is 269 cm³/mol. The van der Waals surface area contributed by atoms with Gasteiger partial charge in [0.15, 0.2) is 0 Å². The quantitative estimate of drug-likeness (QED) is 0.165. The Morgan fingerprint density at radius 2 is 0.609 bits per heavy atom. The molecule has 0 amide bonds. The predicted octanol–water partition coefficient (Wildman–Crippen LogP) is 15.7. The average molecular weight is 815 g/mol. The van der Waals surface area contributed by atoms with Crippen LogP contribution in [0.1, 0.15) is 0 Å². The van der Waals surface area contributed by atoms with Crippen molar-refractivity contribution in [3.8, 4) is 33.9 Å². The van der Waals surface area contributed by atoms with Crippen LogP contribution in [-0.2, 0) is 0 Å². The molecule has 4 heterocycles. The number of para-hydroxylation sites is 6. The normalized spacial score (nSPS) is 12.1. The number of hydrogen-bond donors (Lipinski definition) is 0. The molecular weight excluding hydrogens is 777 g/mol. The fraction of sp³-hybridized carbons (Fsp3) is 0. The number of aromatic nitrogens is 4. The van der Waals surface area contributed by atoms with Gasteiger partial charge in [-0.15, -0.1) is 0 Å². The Labute approximate surface area is 368 Å². The molecule has 0 fully saturated rings. The van der Waals surface area contributed by atoms with Gasteiger partial charge in [-0.25, -0.2) is 0 Å². The van der Waals surface area contributed by atoms with E-state index in [1.165, 1.54) is 87.3 Å². The third kappa shape index (κ3) is 4.93. The summed E-state index contributed by atoms with van der Waals surface area (Å²) in [6.45, 7) is 0. The van der Waals surface area contributed by atoms with Crippen LogP contribution in [0.15, 0.2) is 231 Å². The van der Waals surface area contributed by atoms with Gasteiger partial charge in [0.05, 0.1) is 49.8 Å². The van der Waals surface area contributed by atoms with Crippen LogP contribution in [0.2, 0.25) is 0 Å². The Balaban J connectivity index is 1.13. The second-order valence-corrected chi connectivity index (χ2v) is 16.9. The molecule has 0 N–H and O–H groups in total. The molecule has 0 saturated heterocycles. The lowest BCUT2D eigenvalue weighted by Crippen LogP contribution is -2.03. The topological polar surface area (TPSA) is 19.7 Å². The summed E-state index contributed by atoms with van der Waals surface area (Å²) in [5.74, 6) is 0. The van der Waals surface area contributed by atoms with Gasteiger partial charge in [0, 0.05) is 60.2 Å². The second kappa shape index (κ2) is 13.4. The maximum atomic E-state index is 2.52. The van der Waals surface area contributed by atoms with E-state index in [-0.39, 0.29) is 0 Å². The van der Waals surface area contributed by atoms with E-state index in [1.807, 2.05) is 0 Å². The van der Waals surface area contributed by atoms with Crippen LogP contribution in [0.3, 0.4) is 0 Å². The highest BCUT2D eigenvalue weighted by Gasteiger charge is 2.24. The molecule has 298 valence electrons. The molecule has 10 aromatic carbocycles. The summed E-state index contributed by atoms with van der Waals surface area (Å²) in [6, 6.07) is 84.6. The maximum absolute atomic E-state index is 2.52. The van der Waals surface area contributed by atoms with E-state index in [1.54, 1.807) is 0 Å². The van der Waals surface area contributed by atoms with Crippen LogP contribution in [0.25, 0.3) is 121 Å². The molecule has 0 atom stereocenters. The summed E-state index contributed by atoms with van der Waals surface area (Å²) in [4.78, 5) is 0. The highest BCUT2D eigenvalue weighted by molar-refractivity contribution is 6.17. The van der Waals surface area contributed by atoms with Gasteiger partial charge >= 0.3 is 0 Å². The van der Waals surface area contributed by atoms with Crippen molar-refractivity contribution in [3.63, 3.8) is 0 Å². The van der Waals surface area contributed by atoms with E-state index in [9.17, 15) is 0 Å². The van der Waals surface area contributed by atoms with Gasteiger partial charge in [-0.05, 0) is 96.1 Å². The van der Waals surface area contributed by atoms with Crippen LogP contribution >= 0.6 is 0 Å². The third-order valence-corrected chi connectivity index (χ3v) is 13.5. The largest absolute Gasteiger partial charge is 0.309 e. The zero-order valence-electron chi connectivity index (χ0n) is 34.7. The molecule has 4 nitrogen and oxygen atoms in total. The highest BCUT2D eigenvalue weighted by Crippen LogP contribution is 2.44. The lowest BCUT2D eigenvalue weighted by Gasteiger charge is -2.17. The summed E-state index contributed by atoms with van der Waals surface area (Å²) in [6.07, 6.45) is 0. The SMILES string of the molecule is c1ccc(-c2ccc3c(c2)c2cc(-n4c5ccccc5c5cc(-n6c7ccccc7c7ccccc76)cc(-n6c7ccccc7c7ccccc76)c54)ccc2n3-c2ccccc2)cc1. The summed E-state index contributed by atoms with van der Waals surface area (Å²) in [5.41, 5.74) is 16.3. The van der Waals surface area contributed by atoms with Crippen LogP contribution in [0, 0.1) is 0 Å². The van der Waals surface area contributed by atoms with Gasteiger partial charge < -0.3 is 18.3 Å². The number of fused-ring (bicyclic) bond motifs is 12. The van der Waals surface area contributed by atoms with Gasteiger partial charge in [-0.1, -0.05) is 146 Å². The minimum absolute atomic E-state index is 1.11. The first-order valence-corrected chi connectivity index (χ1v) is 22.0. The molecule has 0 aliphatic carbocycles. The van der Waals surface area contributed by atoms with Gasteiger partial charge in [0.25, 0.3) is 0 Å². The van der Waals surface area contributed by atoms with E-state index in [0.29, 0.717) is 0 Å². The van der Waals surface area contributed by atoms with Crippen LogP contribution in [0.4, 0.5) is 0 Å². The van der Waals surface area contributed by atoms with Crippen molar-refractivity contribution in [2.45, 2.75) is 0 Å². The van der Waals surface area contributed by atoms with Crippen molar-refractivity contribution in [1.29, 1.82) is 0 Å². The second-order valence-electron chi connectivity index (χ2n) is 16.9. The summed E-state index contributed by atoms with van der Waals surface area (Å²) in [7, 11) is 0. The van der Waals surface area contributed by atoms with Crippen molar-refractivity contribution in [1.82, 2.24) is 18.3 Å². The highest BCUT2D eigenvalue weighted by atomic mass is 15.1. The van der Waals surface area contributed by atoms with Crippen molar-refractivity contribution in [3.05, 3.63) is 231 Å². The maximum Gasteiger partial charge on any atom is 0.0784 e. The molecule has 0 bridgehead atoms. The molecule has 4 heteroatoms. The minimum atomic E-state index is 1.11. The van der Waals surface area contributed by atoms with Gasteiger partial charge in [-0.3, -0.25) is 0 Å². The van der Waals surface area contributed by atoms with Crippen molar-refractivity contribution in [2.24, 2.45) is 0 Å². The number of hydrogen-bond acceptors (Lipinski definition) is 0. The van der Waals surface area contributed by atoms with E-state index >= 15 is 0 Å². The smallest absolute Gasteiger partial charge is 0.0784 e. The number of benzene rings is 10. The number of rotatable bonds is 5. The Bertz CT molecular complexity index is 4070. The molecule has 0 radical (unpaired) electrons. The summed E-state index contributed by atoms with van der Waals surface area (Å²) in [5, 5.41) is 9.81. The van der Waals surface area contributed by atoms with Crippen molar-refractivity contribution < 1.29 is 0 Å². The molecule has 0 unspecified atom stereocenters. The van der Waals surface area contributed by atoms with Gasteiger partial charge in [0.2, 0.25) is 0 Å². The van der Waals surface area contributed by atoms with Crippen LogP contribution < -0.4 is 0 Å². The molecule has 4 aromatic heterocycles. The van der Waals surface area contributed by atoms with E-state index in [0.717, 1.165) is 33.8 Å². The fourth-order valence-electron chi connectivity index (χ4n) is 10.8. The molecule has 14 rings (SSSR count).